The van der Waals surface area contributed by atoms with Gasteiger partial charge < -0.3 is 20.5 Å². The molecule has 0 amide bonds. The van der Waals surface area contributed by atoms with Crippen LogP contribution < -0.4 is 15.7 Å². The van der Waals surface area contributed by atoms with E-state index in [1.807, 2.05) is 25.1 Å². The molecule has 1 atom stereocenters. The quantitative estimate of drug-likeness (QED) is 0.414. The molecule has 0 heterocycles. The molecule has 1 rings (SSSR count). The van der Waals surface area contributed by atoms with E-state index in [-0.39, 0.29) is 6.04 Å². The zero-order valence-electron chi connectivity index (χ0n) is 11.0. The molecule has 1 aromatic rings. The summed E-state index contributed by atoms with van der Waals surface area (Å²) in [6.45, 7) is 4.65. The van der Waals surface area contributed by atoms with Crippen LogP contribution in [0.5, 0.6) is 5.75 Å². The van der Waals surface area contributed by atoms with Crippen LogP contribution in [-0.2, 0) is 11.2 Å². The topological polar surface area (TPSA) is 64.3 Å². The molecule has 4 nitrogen and oxygen atoms in total. The van der Waals surface area contributed by atoms with Crippen molar-refractivity contribution in [3.63, 3.8) is 0 Å². The third kappa shape index (κ3) is 4.41. The number of ether oxygens (including phenoxy) is 1. The lowest BCUT2D eigenvalue weighted by molar-refractivity contribution is 0.335. The summed E-state index contributed by atoms with van der Waals surface area (Å²) in [7, 11) is 1.43. The lowest BCUT2D eigenvalue weighted by atomic mass is 9.93. The number of hydrogen-bond acceptors (Lipinski definition) is 4. The number of hydrogen-bond donors (Lipinski definition) is 2. The lowest BCUT2D eigenvalue weighted by Crippen LogP contribution is -2.34. The Balaban J connectivity index is 2.78. The highest BCUT2D eigenvalue weighted by atomic mass is 16.5. The average Bonchev–Trinajstić information content (AvgIpc) is 2.37. The van der Waals surface area contributed by atoms with Crippen molar-refractivity contribution >= 4 is 19.3 Å². The first-order valence-corrected chi connectivity index (χ1v) is 6.25. The van der Waals surface area contributed by atoms with Gasteiger partial charge in [-0.1, -0.05) is 6.92 Å². The fraction of sp³-hybridized carbons (Fsp3) is 0.462. The van der Waals surface area contributed by atoms with Crippen molar-refractivity contribution < 1.29 is 9.53 Å². The van der Waals surface area contributed by atoms with Gasteiger partial charge in [-0.15, -0.1) is 0 Å². The monoisotopic (exact) mass is 247 g/mol. The van der Waals surface area contributed by atoms with Crippen molar-refractivity contribution in [3.8, 4) is 5.75 Å². The van der Waals surface area contributed by atoms with E-state index in [1.54, 1.807) is 0 Å². The molecule has 0 spiro atoms. The van der Waals surface area contributed by atoms with Gasteiger partial charge in [0, 0.05) is 11.7 Å². The van der Waals surface area contributed by atoms with Gasteiger partial charge in [0.15, 0.2) is 0 Å². The SMILES string of the molecule is CCOc1ccc(N)cc1C[C@@H](CC)N[B]C=O. The summed E-state index contributed by atoms with van der Waals surface area (Å²) in [5, 5.41) is 3.07. The van der Waals surface area contributed by atoms with Crippen LogP contribution in [-0.4, -0.2) is 26.2 Å². The summed E-state index contributed by atoms with van der Waals surface area (Å²) >= 11 is 0. The Kier molecular flexibility index (Phi) is 6.29. The molecule has 0 aliphatic rings. The van der Waals surface area contributed by atoms with E-state index in [1.165, 1.54) is 7.41 Å². The number of anilines is 1. The number of nitrogen functional groups attached to an aromatic ring is 1. The Morgan fingerprint density at radius 1 is 1.50 bits per heavy atom. The Morgan fingerprint density at radius 2 is 2.28 bits per heavy atom. The minimum absolute atomic E-state index is 0.205. The van der Waals surface area contributed by atoms with Crippen molar-refractivity contribution in [1.82, 2.24) is 5.23 Å². The molecule has 1 aromatic carbocycles. The molecule has 5 heteroatoms. The Morgan fingerprint density at radius 3 is 2.89 bits per heavy atom. The van der Waals surface area contributed by atoms with Crippen LogP contribution in [0.4, 0.5) is 5.69 Å². The minimum atomic E-state index is 0.205. The predicted octanol–water partition coefficient (Wildman–Crippen LogP) is 1.39. The fourth-order valence-corrected chi connectivity index (χ4v) is 1.82. The van der Waals surface area contributed by atoms with Crippen LogP contribution in [0, 0.1) is 0 Å². The van der Waals surface area contributed by atoms with Crippen LogP contribution >= 0.6 is 0 Å². The molecule has 0 fully saturated rings. The largest absolute Gasteiger partial charge is 0.494 e. The van der Waals surface area contributed by atoms with Crippen LogP contribution in [0.25, 0.3) is 0 Å². The summed E-state index contributed by atoms with van der Waals surface area (Å²) in [4.78, 5) is 10.3. The van der Waals surface area contributed by atoms with Gasteiger partial charge in [0.25, 0.3) is 7.41 Å². The summed E-state index contributed by atoms with van der Waals surface area (Å²) in [6, 6.07) is 5.86. The number of benzene rings is 1. The minimum Gasteiger partial charge on any atom is -0.494 e. The molecule has 0 aromatic heterocycles. The van der Waals surface area contributed by atoms with Crippen molar-refractivity contribution in [2.75, 3.05) is 12.3 Å². The second kappa shape index (κ2) is 7.77. The van der Waals surface area contributed by atoms with Crippen LogP contribution in [0.3, 0.4) is 0 Å². The molecule has 0 saturated carbocycles. The molecular formula is C13H20BN2O2. The Hall–Kier alpha value is -1.49. The molecule has 3 N–H and O–H groups in total. The maximum atomic E-state index is 10.3. The predicted molar refractivity (Wildman–Crippen MR) is 75.4 cm³/mol. The fourth-order valence-electron chi connectivity index (χ4n) is 1.82. The standard InChI is InChI=1S/C13H20BN2O2/c1-3-12(16-14-9-17)8-10-7-11(15)5-6-13(10)18-4-2/h5-7,9,12,16H,3-4,8,15H2,1-2H3/t12-/m1/s1. The summed E-state index contributed by atoms with van der Waals surface area (Å²) in [6.07, 6.45) is 2.46. The van der Waals surface area contributed by atoms with E-state index in [0.717, 1.165) is 36.0 Å². The zero-order chi connectivity index (χ0) is 13.4. The number of carbonyl (C=O) groups excluding carboxylic acids is 1. The average molecular weight is 247 g/mol. The molecule has 0 bridgehead atoms. The van der Waals surface area contributed by atoms with Gasteiger partial charge in [0.1, 0.15) is 5.75 Å². The number of nitrogens with two attached hydrogens (primary N) is 1. The van der Waals surface area contributed by atoms with Gasteiger partial charge in [0.05, 0.1) is 12.8 Å². The summed E-state index contributed by atoms with van der Waals surface area (Å²) in [5.74, 6) is 0.859. The normalized spacial score (nSPS) is 11.9. The third-order valence-corrected chi connectivity index (χ3v) is 2.74. The second-order valence-corrected chi connectivity index (χ2v) is 4.08. The van der Waals surface area contributed by atoms with Crippen molar-refractivity contribution in [2.45, 2.75) is 32.7 Å². The van der Waals surface area contributed by atoms with Gasteiger partial charge in [0.2, 0.25) is 0 Å². The first-order valence-electron chi connectivity index (χ1n) is 6.25. The Bertz CT molecular complexity index is 385. The van der Waals surface area contributed by atoms with E-state index < -0.39 is 0 Å². The summed E-state index contributed by atoms with van der Waals surface area (Å²) in [5.41, 5.74) is 7.59. The third-order valence-electron chi connectivity index (χ3n) is 2.74. The molecule has 18 heavy (non-hydrogen) atoms. The van der Waals surface area contributed by atoms with Crippen molar-refractivity contribution in [1.29, 1.82) is 0 Å². The summed E-state index contributed by atoms with van der Waals surface area (Å²) < 4.78 is 5.58. The van der Waals surface area contributed by atoms with E-state index in [0.29, 0.717) is 6.61 Å². The van der Waals surface area contributed by atoms with Crippen molar-refractivity contribution in [2.24, 2.45) is 0 Å². The maximum absolute atomic E-state index is 10.3. The van der Waals surface area contributed by atoms with E-state index >= 15 is 0 Å². The van der Waals surface area contributed by atoms with Crippen molar-refractivity contribution in [3.05, 3.63) is 23.8 Å². The van der Waals surface area contributed by atoms with Gasteiger partial charge in [-0.3, -0.25) is 0 Å². The van der Waals surface area contributed by atoms with Gasteiger partial charge in [-0.2, -0.15) is 0 Å². The number of nitrogens with one attached hydrogen (secondary N) is 1. The van der Waals surface area contributed by atoms with E-state index in [4.69, 9.17) is 10.5 Å². The van der Waals surface area contributed by atoms with Crippen LogP contribution in [0.2, 0.25) is 0 Å². The highest BCUT2D eigenvalue weighted by Crippen LogP contribution is 2.23. The molecule has 0 aliphatic heterocycles. The smallest absolute Gasteiger partial charge is 0.290 e. The molecule has 1 radical (unpaired) electrons. The Labute approximate surface area is 109 Å². The lowest BCUT2D eigenvalue weighted by Gasteiger charge is -2.18. The zero-order valence-corrected chi connectivity index (χ0v) is 11.0. The highest BCUT2D eigenvalue weighted by Gasteiger charge is 2.11. The number of rotatable bonds is 8. The van der Waals surface area contributed by atoms with Gasteiger partial charge >= 0.3 is 0 Å². The molecule has 97 valence electrons. The van der Waals surface area contributed by atoms with Gasteiger partial charge in [-0.25, -0.2) is 0 Å². The second-order valence-electron chi connectivity index (χ2n) is 4.08. The first-order chi connectivity index (χ1) is 8.71. The maximum Gasteiger partial charge on any atom is 0.290 e. The van der Waals surface area contributed by atoms with E-state index in [2.05, 4.69) is 12.2 Å². The van der Waals surface area contributed by atoms with Crippen LogP contribution in [0.15, 0.2) is 18.2 Å². The van der Waals surface area contributed by atoms with Crippen LogP contribution in [0.1, 0.15) is 25.8 Å². The first kappa shape index (κ1) is 14.6. The number of carbonyl (C=O) groups is 1. The van der Waals surface area contributed by atoms with E-state index in [9.17, 15) is 4.79 Å². The molecular weight excluding hydrogens is 227 g/mol. The molecule has 0 unspecified atom stereocenters. The highest BCUT2D eigenvalue weighted by molar-refractivity contribution is 6.64. The van der Waals surface area contributed by atoms with Gasteiger partial charge in [-0.05, 0) is 43.5 Å². The molecule has 0 aliphatic carbocycles. The molecule has 0 saturated heterocycles.